The lowest BCUT2D eigenvalue weighted by atomic mass is 10.1. The highest BCUT2D eigenvalue weighted by Gasteiger charge is 2.21. The van der Waals surface area contributed by atoms with Crippen LogP contribution in [0.3, 0.4) is 0 Å². The van der Waals surface area contributed by atoms with Crippen LogP contribution in [0.1, 0.15) is 50.6 Å². The highest BCUT2D eigenvalue weighted by atomic mass is 16.5. The third-order valence-electron chi connectivity index (χ3n) is 4.53. The zero-order valence-corrected chi connectivity index (χ0v) is 16.5. The molecule has 1 aliphatic heterocycles. The van der Waals surface area contributed by atoms with Gasteiger partial charge in [-0.25, -0.2) is 4.68 Å². The Morgan fingerprint density at radius 1 is 1.32 bits per heavy atom. The number of aryl methyl sites for hydroxylation is 1. The summed E-state index contributed by atoms with van der Waals surface area (Å²) in [5, 5.41) is 9.39. The predicted octanol–water partition coefficient (Wildman–Crippen LogP) is 3.72. The molecule has 1 saturated heterocycles. The molecule has 1 aromatic carbocycles. The summed E-state index contributed by atoms with van der Waals surface area (Å²) >= 11 is 0. The number of likely N-dealkylation sites (N-methyl/N-ethyl adjacent to an activating group) is 2. The molecule has 5 nitrogen and oxygen atoms in total. The van der Waals surface area contributed by atoms with Gasteiger partial charge in [0.1, 0.15) is 0 Å². The Labute approximate surface area is 152 Å². The first-order valence-corrected chi connectivity index (χ1v) is 9.61. The van der Waals surface area contributed by atoms with Gasteiger partial charge in [0.2, 0.25) is 0 Å². The summed E-state index contributed by atoms with van der Waals surface area (Å²) in [7, 11) is 4.14. The maximum atomic E-state index is 5.96. The first-order valence-electron chi connectivity index (χ1n) is 9.61. The first kappa shape index (κ1) is 19.9. The van der Waals surface area contributed by atoms with Gasteiger partial charge in [-0.3, -0.25) is 4.90 Å². The Kier molecular flexibility index (Phi) is 7.88. The Morgan fingerprint density at radius 2 is 2.12 bits per heavy atom. The number of nitrogens with zero attached hydrogens (tertiary/aromatic N) is 3. The minimum absolute atomic E-state index is 0.0883. The molecule has 0 aliphatic carbocycles. The molecule has 3 rings (SSSR count). The molecule has 1 unspecified atom stereocenters. The highest BCUT2D eigenvalue weighted by Crippen LogP contribution is 2.29. The van der Waals surface area contributed by atoms with Gasteiger partial charge in [0.05, 0.1) is 11.2 Å². The van der Waals surface area contributed by atoms with Crippen LogP contribution in [0, 0.1) is 6.92 Å². The second kappa shape index (κ2) is 9.90. The van der Waals surface area contributed by atoms with Crippen molar-refractivity contribution in [3.05, 3.63) is 29.5 Å². The molecule has 140 valence electrons. The number of aromatic nitrogens is 2. The third-order valence-corrected chi connectivity index (χ3v) is 4.53. The van der Waals surface area contributed by atoms with E-state index < -0.39 is 0 Å². The summed E-state index contributed by atoms with van der Waals surface area (Å²) in [6, 6.07) is 6.60. The van der Waals surface area contributed by atoms with Crippen molar-refractivity contribution in [3.8, 4) is 0 Å². The lowest BCUT2D eigenvalue weighted by molar-refractivity contribution is -0.0369. The van der Waals surface area contributed by atoms with Crippen molar-refractivity contribution in [2.75, 3.05) is 33.8 Å². The number of ether oxygens (including phenoxy) is 1. The molecule has 0 spiro atoms. The lowest BCUT2D eigenvalue weighted by Gasteiger charge is -2.23. The highest BCUT2D eigenvalue weighted by molar-refractivity contribution is 5.82. The maximum Gasteiger partial charge on any atom is 0.150 e. The van der Waals surface area contributed by atoms with E-state index in [9.17, 15) is 0 Å². The number of fused-ring (bicyclic) bond motifs is 1. The second-order valence-electron chi connectivity index (χ2n) is 6.57. The van der Waals surface area contributed by atoms with E-state index in [1.807, 2.05) is 20.9 Å². The van der Waals surface area contributed by atoms with Gasteiger partial charge in [0, 0.05) is 31.6 Å². The number of nitrogens with one attached hydrogen (secondary N) is 1. The molecule has 0 amide bonds. The van der Waals surface area contributed by atoms with Gasteiger partial charge in [-0.05, 0) is 52.4 Å². The van der Waals surface area contributed by atoms with Crippen LogP contribution in [-0.4, -0.2) is 48.5 Å². The quantitative estimate of drug-likeness (QED) is 0.865. The molecular formula is C20H34N4O. The van der Waals surface area contributed by atoms with Crippen LogP contribution in [0.15, 0.2) is 18.2 Å². The zero-order chi connectivity index (χ0) is 18.2. The SMILES string of the molecule is CC.CNCCN(C)Cc1nn(C2CCCCO2)c2ccc(C)cc12. The fraction of sp³-hybridized carbons (Fsp3) is 0.650. The van der Waals surface area contributed by atoms with E-state index in [0.717, 1.165) is 44.8 Å². The van der Waals surface area contributed by atoms with Crippen molar-refractivity contribution < 1.29 is 4.74 Å². The molecule has 1 aromatic heterocycles. The molecule has 1 fully saturated rings. The van der Waals surface area contributed by atoms with Gasteiger partial charge in [0.15, 0.2) is 6.23 Å². The normalized spacial score (nSPS) is 17.6. The van der Waals surface area contributed by atoms with Crippen molar-refractivity contribution in [2.45, 2.75) is 52.8 Å². The van der Waals surface area contributed by atoms with Crippen LogP contribution < -0.4 is 5.32 Å². The maximum absolute atomic E-state index is 5.96. The molecule has 25 heavy (non-hydrogen) atoms. The van der Waals surface area contributed by atoms with Crippen LogP contribution in [0.25, 0.3) is 10.9 Å². The van der Waals surface area contributed by atoms with E-state index >= 15 is 0 Å². The second-order valence-corrected chi connectivity index (χ2v) is 6.57. The predicted molar refractivity (Wildman–Crippen MR) is 105 cm³/mol. The van der Waals surface area contributed by atoms with Crippen LogP contribution in [-0.2, 0) is 11.3 Å². The van der Waals surface area contributed by atoms with Crippen LogP contribution >= 0.6 is 0 Å². The summed E-state index contributed by atoms with van der Waals surface area (Å²) < 4.78 is 8.07. The van der Waals surface area contributed by atoms with Gasteiger partial charge in [0.25, 0.3) is 0 Å². The average Bonchev–Trinajstić information content (AvgIpc) is 3.00. The minimum atomic E-state index is 0.0883. The van der Waals surface area contributed by atoms with E-state index in [4.69, 9.17) is 9.84 Å². The van der Waals surface area contributed by atoms with Crippen molar-refractivity contribution >= 4 is 10.9 Å². The number of hydrogen-bond acceptors (Lipinski definition) is 4. The third kappa shape index (κ3) is 5.03. The van der Waals surface area contributed by atoms with Gasteiger partial charge >= 0.3 is 0 Å². The molecule has 1 aliphatic rings. The van der Waals surface area contributed by atoms with E-state index in [-0.39, 0.29) is 6.23 Å². The van der Waals surface area contributed by atoms with Crippen LogP contribution in [0.4, 0.5) is 0 Å². The Hall–Kier alpha value is -1.43. The summed E-state index contributed by atoms with van der Waals surface area (Å²) in [5.41, 5.74) is 3.62. The standard InChI is InChI=1S/C18H28N4O.C2H6/c1-14-7-8-17-15(12-14)16(13-21(3)10-9-19-2)20-22(17)18-6-4-5-11-23-18;1-2/h7-8,12,18-19H,4-6,9-11,13H2,1-3H3;1-2H3. The number of benzene rings is 1. The molecular weight excluding hydrogens is 312 g/mol. The lowest BCUT2D eigenvalue weighted by Crippen LogP contribution is -2.27. The van der Waals surface area contributed by atoms with Gasteiger partial charge in [-0.2, -0.15) is 5.10 Å². The topological polar surface area (TPSA) is 42.3 Å². The number of rotatable bonds is 6. The zero-order valence-electron chi connectivity index (χ0n) is 16.5. The monoisotopic (exact) mass is 346 g/mol. The van der Waals surface area contributed by atoms with Gasteiger partial charge < -0.3 is 10.1 Å². The molecule has 5 heteroatoms. The largest absolute Gasteiger partial charge is 0.356 e. The van der Waals surface area contributed by atoms with E-state index in [1.165, 1.54) is 22.9 Å². The molecule has 0 saturated carbocycles. The van der Waals surface area contributed by atoms with E-state index in [2.05, 4.69) is 47.1 Å². The Bertz CT molecular complexity index is 646. The summed E-state index contributed by atoms with van der Waals surface area (Å²) in [6.07, 6.45) is 3.52. The van der Waals surface area contributed by atoms with Crippen LogP contribution in [0.5, 0.6) is 0 Å². The Balaban J connectivity index is 0.00000109. The molecule has 2 aromatic rings. The fourth-order valence-electron chi connectivity index (χ4n) is 3.21. The molecule has 0 radical (unpaired) electrons. The first-order chi connectivity index (χ1) is 12.2. The molecule has 0 bridgehead atoms. The van der Waals surface area contributed by atoms with Crippen molar-refractivity contribution in [1.29, 1.82) is 0 Å². The Morgan fingerprint density at radius 3 is 2.80 bits per heavy atom. The van der Waals surface area contributed by atoms with Gasteiger partial charge in [-0.15, -0.1) is 0 Å². The van der Waals surface area contributed by atoms with Gasteiger partial charge in [-0.1, -0.05) is 25.5 Å². The van der Waals surface area contributed by atoms with Crippen LogP contribution in [0.2, 0.25) is 0 Å². The van der Waals surface area contributed by atoms with Crippen molar-refractivity contribution in [3.63, 3.8) is 0 Å². The number of hydrogen-bond donors (Lipinski definition) is 1. The smallest absolute Gasteiger partial charge is 0.150 e. The van der Waals surface area contributed by atoms with Crippen molar-refractivity contribution in [2.24, 2.45) is 0 Å². The summed E-state index contributed by atoms with van der Waals surface area (Å²) in [6.45, 7) is 9.84. The van der Waals surface area contributed by atoms with E-state index in [0.29, 0.717) is 0 Å². The summed E-state index contributed by atoms with van der Waals surface area (Å²) in [5.74, 6) is 0. The molecule has 1 atom stereocenters. The molecule has 1 N–H and O–H groups in total. The minimum Gasteiger partial charge on any atom is -0.356 e. The van der Waals surface area contributed by atoms with Crippen molar-refractivity contribution in [1.82, 2.24) is 20.0 Å². The fourth-order valence-corrected chi connectivity index (χ4v) is 3.21. The molecule has 2 heterocycles. The average molecular weight is 347 g/mol. The van der Waals surface area contributed by atoms with E-state index in [1.54, 1.807) is 0 Å². The summed E-state index contributed by atoms with van der Waals surface area (Å²) in [4.78, 5) is 2.31.